The van der Waals surface area contributed by atoms with Crippen molar-refractivity contribution in [1.29, 1.82) is 5.26 Å². The van der Waals surface area contributed by atoms with Crippen LogP contribution in [0.4, 0.5) is 0 Å². The second-order valence-corrected chi connectivity index (χ2v) is 7.44. The Balaban J connectivity index is 2.05. The number of nitrogens with zero attached hydrogens (tertiary/aromatic N) is 2. The number of nitro groups is 1. The Kier molecular flexibility index (Phi) is 6.08. The van der Waals surface area contributed by atoms with Gasteiger partial charge in [-0.25, -0.2) is 0 Å². The first-order valence-corrected chi connectivity index (χ1v) is 8.51. The van der Waals surface area contributed by atoms with Gasteiger partial charge >= 0.3 is 0 Å². The van der Waals surface area contributed by atoms with E-state index in [1.54, 1.807) is 6.08 Å². The van der Waals surface area contributed by atoms with Crippen LogP contribution >= 0.6 is 23.2 Å². The predicted octanol–water partition coefficient (Wildman–Crippen LogP) is 3.26. The molecule has 0 spiro atoms. The summed E-state index contributed by atoms with van der Waals surface area (Å²) >= 11 is 12.3. The van der Waals surface area contributed by atoms with Crippen molar-refractivity contribution in [2.45, 2.75) is 61.4 Å². The predicted molar refractivity (Wildman–Crippen MR) is 84.4 cm³/mol. The highest BCUT2D eigenvalue weighted by Crippen LogP contribution is 2.36. The summed E-state index contributed by atoms with van der Waals surface area (Å²) in [5, 5.41) is 29.9. The SMILES string of the molecule is N#C/C(=C/[C@@H]1C[C@H](Cl)C[C@H](Cl)[C@@H]1O)C1CCC([N+](=O)[O-])CC1. The molecule has 1 N–H and O–H groups in total. The standard InChI is InChI=1S/C15H20Cl2N2O3/c16-12-6-10(15(20)14(17)7-12)5-11(8-18)9-1-3-13(4-2-9)19(21)22/h5,9-10,12-15,20H,1-4,6-7H2/b11-5-/t9?,10-,12+,13?,14+,15-/m1/s1. The molecule has 122 valence electrons. The van der Waals surface area contributed by atoms with Crippen LogP contribution in [-0.2, 0) is 0 Å². The van der Waals surface area contributed by atoms with Crippen molar-refractivity contribution < 1.29 is 10.0 Å². The van der Waals surface area contributed by atoms with Crippen LogP contribution in [0.3, 0.4) is 0 Å². The number of halogens is 2. The van der Waals surface area contributed by atoms with E-state index in [1.165, 1.54) is 0 Å². The van der Waals surface area contributed by atoms with Crippen molar-refractivity contribution in [3.8, 4) is 6.07 Å². The number of nitriles is 1. The Hall–Kier alpha value is -0.830. The molecule has 0 amide bonds. The highest BCUT2D eigenvalue weighted by molar-refractivity contribution is 6.24. The third-order valence-electron chi connectivity index (χ3n) is 4.78. The van der Waals surface area contributed by atoms with Crippen molar-refractivity contribution >= 4 is 23.2 Å². The number of rotatable bonds is 3. The maximum Gasteiger partial charge on any atom is 0.213 e. The summed E-state index contributed by atoms with van der Waals surface area (Å²) in [5.74, 6) is -0.181. The molecular weight excluding hydrogens is 327 g/mol. The van der Waals surface area contributed by atoms with E-state index < -0.39 is 17.5 Å². The topological polar surface area (TPSA) is 87.2 Å². The van der Waals surface area contributed by atoms with Crippen LogP contribution in [-0.4, -0.2) is 32.9 Å². The van der Waals surface area contributed by atoms with Crippen molar-refractivity contribution in [3.63, 3.8) is 0 Å². The van der Waals surface area contributed by atoms with E-state index >= 15 is 0 Å². The normalized spacial score (nSPS) is 40.0. The average Bonchev–Trinajstić information content (AvgIpc) is 2.49. The Morgan fingerprint density at radius 3 is 2.45 bits per heavy atom. The fraction of sp³-hybridized carbons (Fsp3) is 0.800. The van der Waals surface area contributed by atoms with Gasteiger partial charge in [-0.15, -0.1) is 23.2 Å². The van der Waals surface area contributed by atoms with Gasteiger partial charge in [0.1, 0.15) is 0 Å². The molecule has 0 radical (unpaired) electrons. The van der Waals surface area contributed by atoms with Crippen LogP contribution in [0.25, 0.3) is 0 Å². The van der Waals surface area contributed by atoms with Crippen LogP contribution in [0, 0.1) is 33.3 Å². The molecular formula is C15H20Cl2N2O3. The minimum Gasteiger partial charge on any atom is -0.391 e. The molecule has 4 atom stereocenters. The van der Waals surface area contributed by atoms with Gasteiger partial charge < -0.3 is 5.11 Å². The highest BCUT2D eigenvalue weighted by Gasteiger charge is 2.35. The minimum absolute atomic E-state index is 0.0397. The molecule has 0 bridgehead atoms. The summed E-state index contributed by atoms with van der Waals surface area (Å²) in [4.78, 5) is 10.6. The van der Waals surface area contributed by atoms with Crippen LogP contribution < -0.4 is 0 Å². The first kappa shape index (κ1) is 17.5. The van der Waals surface area contributed by atoms with Gasteiger partial charge in [-0.1, -0.05) is 6.08 Å². The molecule has 0 aromatic carbocycles. The Morgan fingerprint density at radius 2 is 1.91 bits per heavy atom. The van der Waals surface area contributed by atoms with E-state index in [1.807, 2.05) is 0 Å². The lowest BCUT2D eigenvalue weighted by Crippen LogP contribution is -2.38. The lowest BCUT2D eigenvalue weighted by molar-refractivity contribution is -0.526. The molecule has 22 heavy (non-hydrogen) atoms. The molecule has 0 aromatic heterocycles. The highest BCUT2D eigenvalue weighted by atomic mass is 35.5. The van der Waals surface area contributed by atoms with Gasteiger partial charge in [0, 0.05) is 34.6 Å². The quantitative estimate of drug-likeness (QED) is 0.367. The maximum atomic E-state index is 10.8. The van der Waals surface area contributed by atoms with Gasteiger partial charge in [-0.3, -0.25) is 10.1 Å². The molecule has 2 saturated carbocycles. The smallest absolute Gasteiger partial charge is 0.213 e. The summed E-state index contributed by atoms with van der Waals surface area (Å²) in [6, 6.07) is 1.72. The molecule has 2 aliphatic rings. The molecule has 0 saturated heterocycles. The zero-order chi connectivity index (χ0) is 16.3. The van der Waals surface area contributed by atoms with Crippen LogP contribution in [0.2, 0.25) is 0 Å². The molecule has 0 unspecified atom stereocenters. The third-order valence-corrected chi connectivity index (χ3v) is 5.57. The summed E-state index contributed by atoms with van der Waals surface area (Å²) in [6.07, 6.45) is 4.54. The van der Waals surface area contributed by atoms with Gasteiger partial charge in [0.15, 0.2) is 0 Å². The van der Waals surface area contributed by atoms with Crippen molar-refractivity contribution in [3.05, 3.63) is 21.8 Å². The van der Waals surface area contributed by atoms with Gasteiger partial charge in [0.05, 0.1) is 17.6 Å². The third kappa shape index (κ3) is 4.13. The fourth-order valence-electron chi connectivity index (χ4n) is 3.44. The maximum absolute atomic E-state index is 10.8. The summed E-state index contributed by atoms with van der Waals surface area (Å²) < 4.78 is 0. The van der Waals surface area contributed by atoms with Crippen molar-refractivity contribution in [2.24, 2.45) is 11.8 Å². The van der Waals surface area contributed by atoms with Gasteiger partial charge in [0.2, 0.25) is 6.04 Å². The van der Waals surface area contributed by atoms with Gasteiger partial charge in [-0.05, 0) is 31.6 Å². The van der Waals surface area contributed by atoms with E-state index in [4.69, 9.17) is 23.2 Å². The van der Waals surface area contributed by atoms with Crippen molar-refractivity contribution in [2.75, 3.05) is 0 Å². The molecule has 0 heterocycles. The molecule has 0 aromatic rings. The average molecular weight is 347 g/mol. The van der Waals surface area contributed by atoms with E-state index in [0.29, 0.717) is 44.1 Å². The number of aliphatic hydroxyl groups is 1. The second-order valence-electron chi connectivity index (χ2n) is 6.26. The second kappa shape index (κ2) is 7.63. The fourth-order valence-corrected chi connectivity index (χ4v) is 4.33. The van der Waals surface area contributed by atoms with Gasteiger partial charge in [-0.2, -0.15) is 5.26 Å². The van der Waals surface area contributed by atoms with Crippen molar-refractivity contribution in [1.82, 2.24) is 0 Å². The Labute approximate surface area is 140 Å². The molecule has 0 aliphatic heterocycles. The lowest BCUT2D eigenvalue weighted by atomic mass is 9.78. The molecule has 5 nitrogen and oxygen atoms in total. The Bertz CT molecular complexity index is 484. The van der Waals surface area contributed by atoms with E-state index in [0.717, 1.165) is 0 Å². The summed E-state index contributed by atoms with van der Waals surface area (Å²) in [5.41, 5.74) is 0.612. The lowest BCUT2D eigenvalue weighted by Gasteiger charge is -2.33. The number of aliphatic hydroxyl groups excluding tert-OH is 1. The van der Waals surface area contributed by atoms with Gasteiger partial charge in [0.25, 0.3) is 0 Å². The zero-order valence-corrected chi connectivity index (χ0v) is 13.7. The first-order chi connectivity index (χ1) is 10.4. The zero-order valence-electron chi connectivity index (χ0n) is 12.2. The largest absolute Gasteiger partial charge is 0.391 e. The Morgan fingerprint density at radius 1 is 1.27 bits per heavy atom. The number of allylic oxidation sites excluding steroid dienone is 1. The van der Waals surface area contributed by atoms with Crippen LogP contribution in [0.5, 0.6) is 0 Å². The first-order valence-electron chi connectivity index (χ1n) is 7.63. The summed E-state index contributed by atoms with van der Waals surface area (Å²) in [6.45, 7) is 0. The monoisotopic (exact) mass is 346 g/mol. The summed E-state index contributed by atoms with van der Waals surface area (Å²) in [7, 11) is 0. The molecule has 2 fully saturated rings. The minimum atomic E-state index is -0.699. The van der Waals surface area contributed by atoms with Crippen LogP contribution in [0.15, 0.2) is 11.6 Å². The molecule has 2 rings (SSSR count). The molecule has 2 aliphatic carbocycles. The van der Waals surface area contributed by atoms with E-state index in [9.17, 15) is 20.5 Å². The number of hydrogen-bond acceptors (Lipinski definition) is 4. The number of hydrogen-bond donors (Lipinski definition) is 1. The van der Waals surface area contributed by atoms with E-state index in [2.05, 4.69) is 6.07 Å². The van der Waals surface area contributed by atoms with Crippen LogP contribution in [0.1, 0.15) is 38.5 Å². The molecule has 7 heteroatoms. The van der Waals surface area contributed by atoms with E-state index in [-0.39, 0.29) is 22.1 Å². The number of alkyl halides is 2.